The molecule has 0 bridgehead atoms. The van der Waals surface area contributed by atoms with Gasteiger partial charge in [0.25, 0.3) is 0 Å². The van der Waals surface area contributed by atoms with Gasteiger partial charge in [-0.25, -0.2) is 0 Å². The van der Waals surface area contributed by atoms with Gasteiger partial charge < -0.3 is 4.74 Å². The molecule has 3 heteroatoms. The summed E-state index contributed by atoms with van der Waals surface area (Å²) in [4.78, 5) is 10.8. The molecule has 0 saturated carbocycles. The minimum absolute atomic E-state index is 0.0369. The van der Waals surface area contributed by atoms with Gasteiger partial charge in [-0.05, 0) is 19.3 Å². The van der Waals surface area contributed by atoms with Crippen molar-refractivity contribution in [3.8, 4) is 0 Å². The van der Waals surface area contributed by atoms with Crippen molar-refractivity contribution in [3.05, 3.63) is 0 Å². The zero-order valence-corrected chi connectivity index (χ0v) is 6.56. The van der Waals surface area contributed by atoms with Gasteiger partial charge in [0.1, 0.15) is 0 Å². The number of halogens is 1. The second-order valence-corrected chi connectivity index (χ2v) is 2.86. The maximum atomic E-state index is 10.8. The lowest BCUT2D eigenvalue weighted by Gasteiger charge is -2.00. The lowest BCUT2D eigenvalue weighted by molar-refractivity contribution is -0.141. The van der Waals surface area contributed by atoms with E-state index >= 15 is 0 Å². The van der Waals surface area contributed by atoms with Crippen molar-refractivity contribution >= 4 is 17.6 Å². The number of carbonyl (C=O) groups excluding carboxylic acids is 1. The zero-order valence-electron chi connectivity index (χ0n) is 5.81. The van der Waals surface area contributed by atoms with Crippen molar-refractivity contribution in [2.75, 3.05) is 12.5 Å². The van der Waals surface area contributed by atoms with Crippen molar-refractivity contribution in [1.29, 1.82) is 0 Å². The molecule has 2 nitrogen and oxygen atoms in total. The minimum atomic E-state index is -0.0369. The Balaban J connectivity index is 2.20. The van der Waals surface area contributed by atoms with E-state index in [0.717, 1.165) is 19.3 Å². The third-order valence-electron chi connectivity index (χ3n) is 1.73. The summed E-state index contributed by atoms with van der Waals surface area (Å²) in [7, 11) is 0. The molecule has 0 aromatic carbocycles. The van der Waals surface area contributed by atoms with Crippen LogP contribution in [0.4, 0.5) is 0 Å². The number of cyclic esters (lactones) is 1. The summed E-state index contributed by atoms with van der Waals surface area (Å²) in [6.45, 7) is 0.603. The molecule has 0 aromatic rings. The largest absolute Gasteiger partial charge is 0.465 e. The Hall–Kier alpha value is -0.240. The van der Waals surface area contributed by atoms with Crippen LogP contribution in [0.5, 0.6) is 0 Å². The lowest BCUT2D eigenvalue weighted by Crippen LogP contribution is -2.07. The smallest absolute Gasteiger partial charge is 0.309 e. The Labute approximate surface area is 65.5 Å². The number of hydrogen-bond donors (Lipinski definition) is 0. The van der Waals surface area contributed by atoms with E-state index in [-0.39, 0.29) is 11.9 Å². The first kappa shape index (κ1) is 7.86. The number of ether oxygens (including phenoxy) is 1. The fourth-order valence-corrected chi connectivity index (χ4v) is 1.28. The average molecular weight is 163 g/mol. The van der Waals surface area contributed by atoms with E-state index in [4.69, 9.17) is 16.3 Å². The van der Waals surface area contributed by atoms with E-state index in [0.29, 0.717) is 12.5 Å². The van der Waals surface area contributed by atoms with Crippen molar-refractivity contribution in [2.45, 2.75) is 19.3 Å². The average Bonchev–Trinajstić information content (AvgIpc) is 2.31. The highest BCUT2D eigenvalue weighted by Crippen LogP contribution is 2.19. The first-order valence-corrected chi connectivity index (χ1v) is 4.10. The van der Waals surface area contributed by atoms with Crippen LogP contribution in [0, 0.1) is 5.92 Å². The Bertz CT molecular complexity index is 125. The van der Waals surface area contributed by atoms with Crippen molar-refractivity contribution in [1.82, 2.24) is 0 Å². The first-order chi connectivity index (χ1) is 4.84. The highest BCUT2D eigenvalue weighted by molar-refractivity contribution is 6.17. The molecule has 0 aromatic heterocycles. The van der Waals surface area contributed by atoms with Crippen LogP contribution in [0.2, 0.25) is 0 Å². The van der Waals surface area contributed by atoms with Crippen molar-refractivity contribution in [3.63, 3.8) is 0 Å². The number of esters is 1. The van der Waals surface area contributed by atoms with Crippen LogP contribution in [0.25, 0.3) is 0 Å². The Morgan fingerprint density at radius 3 is 3.00 bits per heavy atom. The van der Waals surface area contributed by atoms with Crippen LogP contribution in [0.3, 0.4) is 0 Å². The monoisotopic (exact) mass is 162 g/mol. The normalized spacial score (nSPS) is 24.9. The molecule has 10 heavy (non-hydrogen) atoms. The molecule has 0 N–H and O–H groups in total. The fourth-order valence-electron chi connectivity index (χ4n) is 1.12. The molecule has 58 valence electrons. The van der Waals surface area contributed by atoms with E-state index in [1.165, 1.54) is 0 Å². The quantitative estimate of drug-likeness (QED) is 0.465. The van der Waals surface area contributed by atoms with Gasteiger partial charge in [-0.2, -0.15) is 0 Å². The summed E-state index contributed by atoms with van der Waals surface area (Å²) in [6.07, 6.45) is 2.69. The summed E-state index contributed by atoms with van der Waals surface area (Å²) in [5.74, 6) is 0.743. The Kier molecular flexibility index (Phi) is 3.00. The molecule has 1 saturated heterocycles. The van der Waals surface area contributed by atoms with Crippen LogP contribution in [-0.2, 0) is 9.53 Å². The van der Waals surface area contributed by atoms with E-state index < -0.39 is 0 Å². The van der Waals surface area contributed by atoms with Crippen LogP contribution >= 0.6 is 11.6 Å². The second-order valence-electron chi connectivity index (χ2n) is 2.48. The molecule has 1 fully saturated rings. The van der Waals surface area contributed by atoms with E-state index in [2.05, 4.69) is 0 Å². The van der Waals surface area contributed by atoms with Crippen LogP contribution in [0.15, 0.2) is 0 Å². The van der Waals surface area contributed by atoms with Crippen molar-refractivity contribution in [2.24, 2.45) is 5.92 Å². The molecule has 1 unspecified atom stereocenters. The van der Waals surface area contributed by atoms with Crippen LogP contribution in [0.1, 0.15) is 19.3 Å². The van der Waals surface area contributed by atoms with E-state index in [1.54, 1.807) is 0 Å². The minimum Gasteiger partial charge on any atom is -0.465 e. The molecule has 1 atom stereocenters. The Morgan fingerprint density at radius 1 is 1.70 bits per heavy atom. The maximum Gasteiger partial charge on any atom is 0.309 e. The van der Waals surface area contributed by atoms with Gasteiger partial charge in [-0.15, -0.1) is 11.6 Å². The van der Waals surface area contributed by atoms with Gasteiger partial charge in [0.2, 0.25) is 0 Å². The van der Waals surface area contributed by atoms with Crippen LogP contribution < -0.4 is 0 Å². The number of carbonyl (C=O) groups is 1. The van der Waals surface area contributed by atoms with Gasteiger partial charge in [-0.1, -0.05) is 0 Å². The van der Waals surface area contributed by atoms with E-state index in [1.807, 2.05) is 0 Å². The highest BCUT2D eigenvalue weighted by Gasteiger charge is 2.25. The SMILES string of the molecule is O=C1OCCC1CCCCl. The molecular weight excluding hydrogens is 152 g/mol. The zero-order chi connectivity index (χ0) is 7.40. The van der Waals surface area contributed by atoms with Gasteiger partial charge >= 0.3 is 5.97 Å². The maximum absolute atomic E-state index is 10.8. The summed E-state index contributed by atoms with van der Waals surface area (Å²) < 4.78 is 4.78. The molecule has 1 rings (SSSR count). The van der Waals surface area contributed by atoms with Crippen molar-refractivity contribution < 1.29 is 9.53 Å². The third-order valence-corrected chi connectivity index (χ3v) is 2.00. The molecular formula is C7H11ClO2. The predicted octanol–water partition coefficient (Wildman–Crippen LogP) is 1.57. The molecule has 0 aliphatic carbocycles. The van der Waals surface area contributed by atoms with Gasteiger partial charge in [0.05, 0.1) is 12.5 Å². The second kappa shape index (κ2) is 3.81. The Morgan fingerprint density at radius 2 is 2.50 bits per heavy atom. The number of hydrogen-bond acceptors (Lipinski definition) is 2. The van der Waals surface area contributed by atoms with Crippen LogP contribution in [-0.4, -0.2) is 18.5 Å². The number of alkyl halides is 1. The fraction of sp³-hybridized carbons (Fsp3) is 0.857. The summed E-state index contributed by atoms with van der Waals surface area (Å²) in [5.41, 5.74) is 0. The standard InChI is InChI=1S/C7H11ClO2/c8-4-1-2-6-3-5-10-7(6)9/h6H,1-5H2. The summed E-state index contributed by atoms with van der Waals surface area (Å²) >= 11 is 5.48. The van der Waals surface area contributed by atoms with Gasteiger partial charge in [-0.3, -0.25) is 4.79 Å². The van der Waals surface area contributed by atoms with Gasteiger partial charge in [0, 0.05) is 5.88 Å². The molecule has 1 aliphatic heterocycles. The third kappa shape index (κ3) is 1.87. The molecule has 0 radical (unpaired) electrons. The molecule has 1 heterocycles. The first-order valence-electron chi connectivity index (χ1n) is 3.57. The number of rotatable bonds is 3. The van der Waals surface area contributed by atoms with E-state index in [9.17, 15) is 4.79 Å². The lowest BCUT2D eigenvalue weighted by atomic mass is 10.0. The molecule has 0 spiro atoms. The van der Waals surface area contributed by atoms with Gasteiger partial charge in [0.15, 0.2) is 0 Å². The molecule has 1 aliphatic rings. The predicted molar refractivity (Wildman–Crippen MR) is 39.0 cm³/mol. The molecule has 0 amide bonds. The summed E-state index contributed by atoms with van der Waals surface area (Å²) in [6, 6.07) is 0. The summed E-state index contributed by atoms with van der Waals surface area (Å²) in [5, 5.41) is 0. The highest BCUT2D eigenvalue weighted by atomic mass is 35.5. The topological polar surface area (TPSA) is 26.3 Å².